The lowest BCUT2D eigenvalue weighted by molar-refractivity contribution is -0.0000480. The van der Waals surface area contributed by atoms with Gasteiger partial charge in [0.2, 0.25) is 11.8 Å². The molecule has 0 fully saturated rings. The molecule has 0 radical (unpaired) electrons. The maximum absolute atomic E-state index is 12.7. The maximum Gasteiger partial charge on any atom is 0.343 e. The molecule has 51 heavy (non-hydrogen) atoms. The molecular weight excluding hydrogens is 795 g/mol. The fourth-order valence-electron chi connectivity index (χ4n) is 5.41. The second kappa shape index (κ2) is 21.3. The molecule has 0 saturated carbocycles. The number of nitrogens with zero attached hydrogens (tertiary/aromatic N) is 2. The van der Waals surface area contributed by atoms with Gasteiger partial charge in [0.15, 0.2) is 0 Å². The van der Waals surface area contributed by atoms with Crippen molar-refractivity contribution < 1.29 is 45.5 Å². The zero-order valence-electron chi connectivity index (χ0n) is 29.3. The highest BCUT2D eigenvalue weighted by molar-refractivity contribution is 9.08. The van der Waals surface area contributed by atoms with E-state index in [1.54, 1.807) is 26.1 Å². The lowest BCUT2D eigenvalue weighted by Gasteiger charge is -2.28. The summed E-state index contributed by atoms with van der Waals surface area (Å²) in [5.41, 5.74) is 2.62. The van der Waals surface area contributed by atoms with E-state index in [0.29, 0.717) is 54.6 Å². The Bertz CT molecular complexity index is 1720. The molecule has 3 aromatic carbocycles. The molecular formula is C40H43Br2N2O6P. The lowest BCUT2D eigenvalue weighted by atomic mass is 10.2. The average Bonchev–Trinajstić information content (AvgIpc) is 3.16. The van der Waals surface area contributed by atoms with Crippen molar-refractivity contribution in [2.24, 2.45) is 0 Å². The van der Waals surface area contributed by atoms with Crippen LogP contribution >= 0.6 is 23.2 Å². The van der Waals surface area contributed by atoms with E-state index in [1.807, 2.05) is 44.3 Å². The van der Waals surface area contributed by atoms with Gasteiger partial charge in [0.25, 0.3) is 0 Å². The van der Waals surface area contributed by atoms with Crippen LogP contribution in [0.15, 0.2) is 116 Å². The van der Waals surface area contributed by atoms with Crippen molar-refractivity contribution in [2.45, 2.75) is 39.2 Å². The molecule has 2 heterocycles. The van der Waals surface area contributed by atoms with E-state index in [9.17, 15) is 9.59 Å². The number of hydrogen-bond donors (Lipinski definition) is 0. The third-order valence-corrected chi connectivity index (χ3v) is 12.6. The second-order valence-corrected chi connectivity index (χ2v) is 14.9. The summed E-state index contributed by atoms with van der Waals surface area (Å²) in [5.74, 6) is -0.178. The van der Waals surface area contributed by atoms with Crippen molar-refractivity contribution in [3.63, 3.8) is 0 Å². The summed E-state index contributed by atoms with van der Waals surface area (Å²) in [5, 5.41) is 4.47. The van der Waals surface area contributed by atoms with E-state index in [4.69, 9.17) is 18.9 Å². The molecule has 0 unspecified atom stereocenters. The van der Waals surface area contributed by atoms with Gasteiger partial charge in [0.05, 0.1) is 32.6 Å². The van der Waals surface area contributed by atoms with Crippen molar-refractivity contribution in [3.8, 4) is 11.8 Å². The first-order valence-corrected chi connectivity index (χ1v) is 19.7. The van der Waals surface area contributed by atoms with Crippen LogP contribution in [0.1, 0.15) is 59.5 Å². The van der Waals surface area contributed by atoms with Crippen molar-refractivity contribution in [2.75, 3.05) is 26.4 Å². The first-order valence-electron chi connectivity index (χ1n) is 16.6. The fourth-order valence-corrected chi connectivity index (χ4v) is 9.92. The van der Waals surface area contributed by atoms with Gasteiger partial charge in [-0.2, -0.15) is 0 Å². The van der Waals surface area contributed by atoms with Crippen LogP contribution < -0.4 is 42.4 Å². The van der Waals surface area contributed by atoms with E-state index in [-0.39, 0.29) is 17.0 Å². The second-order valence-electron chi connectivity index (χ2n) is 10.8. The highest BCUT2D eigenvalue weighted by Crippen LogP contribution is 2.58. The number of halogens is 2. The van der Waals surface area contributed by atoms with Crippen LogP contribution in [0.4, 0.5) is 0 Å². The van der Waals surface area contributed by atoms with Crippen molar-refractivity contribution >= 4 is 51.0 Å². The van der Waals surface area contributed by atoms with Gasteiger partial charge in [-0.15, -0.1) is 0 Å². The smallest absolute Gasteiger partial charge is 0.343 e. The van der Waals surface area contributed by atoms with Crippen LogP contribution in [0.25, 0.3) is 0 Å². The average molecular weight is 839 g/mol. The molecule has 5 rings (SSSR count). The van der Waals surface area contributed by atoms with Gasteiger partial charge >= 0.3 is 11.9 Å². The zero-order chi connectivity index (χ0) is 35.8. The SMILES string of the molecule is CCOC(=O)c1cc(CBr)cnc1OCC.CCOC(=O)c1cc(C[P+](c2ccccc2)(c2ccccc2)c2ccccc2)cnc1OCC.[Br-]. The highest BCUT2D eigenvalue weighted by atomic mass is 79.9. The Morgan fingerprint density at radius 1 is 0.588 bits per heavy atom. The predicted octanol–water partition coefficient (Wildman–Crippen LogP) is 4.71. The van der Waals surface area contributed by atoms with Gasteiger partial charge < -0.3 is 35.9 Å². The van der Waals surface area contributed by atoms with Crippen molar-refractivity contribution in [3.05, 3.63) is 138 Å². The van der Waals surface area contributed by atoms with Gasteiger partial charge in [-0.05, 0) is 81.8 Å². The lowest BCUT2D eigenvalue weighted by Crippen LogP contribution is -3.00. The number of ether oxygens (including phenoxy) is 4. The number of pyridine rings is 2. The minimum atomic E-state index is -2.10. The van der Waals surface area contributed by atoms with E-state index < -0.39 is 19.2 Å². The predicted molar refractivity (Wildman–Crippen MR) is 204 cm³/mol. The summed E-state index contributed by atoms with van der Waals surface area (Å²) in [6, 6.07) is 35.6. The summed E-state index contributed by atoms with van der Waals surface area (Å²) in [7, 11) is -2.10. The van der Waals surface area contributed by atoms with Gasteiger partial charge in [-0.25, -0.2) is 19.6 Å². The minimum Gasteiger partial charge on any atom is -1.00 e. The normalized spacial score (nSPS) is 10.5. The molecule has 268 valence electrons. The molecule has 0 spiro atoms. The Morgan fingerprint density at radius 2 is 0.961 bits per heavy atom. The number of aromatic nitrogens is 2. The fraction of sp³-hybridized carbons (Fsp3) is 0.250. The van der Waals surface area contributed by atoms with Gasteiger partial charge in [0, 0.05) is 23.3 Å². The summed E-state index contributed by atoms with van der Waals surface area (Å²) < 4.78 is 21.2. The van der Waals surface area contributed by atoms with E-state index >= 15 is 0 Å². The van der Waals surface area contributed by atoms with Crippen LogP contribution in [0.2, 0.25) is 0 Å². The van der Waals surface area contributed by atoms with Crippen LogP contribution in [-0.2, 0) is 21.0 Å². The van der Waals surface area contributed by atoms with E-state index in [0.717, 1.165) is 17.3 Å². The molecule has 0 amide bonds. The highest BCUT2D eigenvalue weighted by Gasteiger charge is 2.45. The number of carbonyl (C=O) groups excluding carboxylic acids is 2. The molecule has 5 aromatic rings. The number of rotatable bonds is 14. The Balaban J connectivity index is 0.000000349. The number of alkyl halides is 1. The summed E-state index contributed by atoms with van der Waals surface area (Å²) in [6.45, 7) is 8.80. The quantitative estimate of drug-likeness (QED) is 0.0903. The Morgan fingerprint density at radius 3 is 1.31 bits per heavy atom. The molecule has 0 bridgehead atoms. The van der Waals surface area contributed by atoms with Gasteiger partial charge in [-0.3, -0.25) is 0 Å². The molecule has 0 aliphatic heterocycles. The number of hydrogen-bond acceptors (Lipinski definition) is 8. The topological polar surface area (TPSA) is 96.8 Å². The first kappa shape index (κ1) is 41.3. The molecule has 0 atom stereocenters. The monoisotopic (exact) mass is 836 g/mol. The third kappa shape index (κ3) is 10.7. The minimum absolute atomic E-state index is 0. The largest absolute Gasteiger partial charge is 1.00 e. The van der Waals surface area contributed by atoms with E-state index in [2.05, 4.69) is 98.7 Å². The summed E-state index contributed by atoms with van der Waals surface area (Å²) in [4.78, 5) is 33.0. The Kier molecular flexibility index (Phi) is 17.3. The summed E-state index contributed by atoms with van der Waals surface area (Å²) in [6.07, 6.45) is 4.22. The van der Waals surface area contributed by atoms with Crippen molar-refractivity contribution in [1.29, 1.82) is 0 Å². The Hall–Kier alpha value is -4.11. The third-order valence-electron chi connectivity index (χ3n) is 7.53. The van der Waals surface area contributed by atoms with Crippen LogP contribution in [0.5, 0.6) is 11.8 Å². The molecule has 0 N–H and O–H groups in total. The van der Waals surface area contributed by atoms with Gasteiger partial charge in [0.1, 0.15) is 34.3 Å². The number of benzene rings is 3. The van der Waals surface area contributed by atoms with Crippen LogP contribution in [0, 0.1) is 0 Å². The summed E-state index contributed by atoms with van der Waals surface area (Å²) >= 11 is 3.31. The van der Waals surface area contributed by atoms with Crippen molar-refractivity contribution in [1.82, 2.24) is 9.97 Å². The van der Waals surface area contributed by atoms with E-state index in [1.165, 1.54) is 15.9 Å². The molecule has 0 aliphatic rings. The van der Waals surface area contributed by atoms with Gasteiger partial charge in [-0.1, -0.05) is 70.5 Å². The maximum atomic E-state index is 12.7. The zero-order valence-corrected chi connectivity index (χ0v) is 33.3. The van der Waals surface area contributed by atoms with Crippen LogP contribution in [0.3, 0.4) is 0 Å². The molecule has 8 nitrogen and oxygen atoms in total. The standard InChI is InChI=1S/C29H29NO3P.C11H14BrNO3.BrH/c1-3-32-28-27(29(31)33-4-2)20-23(21-30-28)22-34(24-14-8-5-9-15-24,25-16-10-6-11-17-25)26-18-12-7-13-19-26;1-3-15-10-9(11(14)16-4-2)5-8(6-12)7-13-10;/h5-21H,3-4,22H2,1-2H3;5,7H,3-4,6H2,1-2H3;1H/q+1;;/p-1. The molecule has 2 aromatic heterocycles. The Labute approximate surface area is 320 Å². The number of carbonyl (C=O) groups is 2. The van der Waals surface area contributed by atoms with Crippen LogP contribution in [-0.4, -0.2) is 48.3 Å². The number of esters is 2. The first-order chi connectivity index (χ1) is 24.4. The molecule has 11 heteroatoms. The molecule has 0 saturated heterocycles. The molecule has 0 aliphatic carbocycles.